The van der Waals surface area contributed by atoms with E-state index in [1.54, 1.807) is 0 Å². The molecule has 110 valence electrons. The van der Waals surface area contributed by atoms with Gasteiger partial charge < -0.3 is 9.64 Å². The Morgan fingerprint density at radius 2 is 2.25 bits per heavy atom. The molecule has 2 aliphatic heterocycles. The van der Waals surface area contributed by atoms with E-state index in [1.165, 1.54) is 4.90 Å². The zero-order chi connectivity index (χ0) is 14.5. The van der Waals surface area contributed by atoms with Crippen molar-refractivity contribution in [2.24, 2.45) is 0 Å². The van der Waals surface area contributed by atoms with Crippen LogP contribution in [0.2, 0.25) is 0 Å². The average molecular weight is 285 g/mol. The molecule has 3 rings (SSSR count). The summed E-state index contributed by atoms with van der Waals surface area (Å²) in [5.41, 5.74) is 1.84. The zero-order valence-corrected chi connectivity index (χ0v) is 11.4. The fraction of sp³-hybridized carbons (Fsp3) is 0.692. The number of hydrogen-bond acceptors (Lipinski definition) is 3. The second-order valence-electron chi connectivity index (χ2n) is 5.59. The minimum atomic E-state index is -2.78. The fourth-order valence-electron chi connectivity index (χ4n) is 2.91. The Labute approximate surface area is 115 Å². The van der Waals surface area contributed by atoms with Gasteiger partial charge in [-0.2, -0.15) is 5.10 Å². The smallest absolute Gasteiger partial charge is 0.274 e. The maximum absolute atomic E-state index is 13.2. The second-order valence-corrected chi connectivity index (χ2v) is 5.59. The highest BCUT2D eigenvalue weighted by molar-refractivity contribution is 5.94. The number of halogens is 2. The molecule has 0 bridgehead atoms. The highest BCUT2D eigenvalue weighted by atomic mass is 19.3. The minimum absolute atomic E-state index is 0.0123. The quantitative estimate of drug-likeness (QED) is 0.857. The van der Waals surface area contributed by atoms with Gasteiger partial charge in [-0.15, -0.1) is 0 Å². The van der Waals surface area contributed by atoms with Crippen molar-refractivity contribution in [2.45, 2.75) is 44.8 Å². The number of alkyl halides is 2. The van der Waals surface area contributed by atoms with Crippen LogP contribution in [0.1, 0.15) is 48.1 Å². The first-order valence-electron chi connectivity index (χ1n) is 6.77. The summed E-state index contributed by atoms with van der Waals surface area (Å²) in [7, 11) is 0. The number of likely N-dealkylation sites (tertiary alicyclic amines) is 1. The molecule has 0 aliphatic carbocycles. The van der Waals surface area contributed by atoms with E-state index in [0.717, 1.165) is 11.3 Å². The van der Waals surface area contributed by atoms with Crippen molar-refractivity contribution in [3.8, 4) is 0 Å². The van der Waals surface area contributed by atoms with E-state index < -0.39 is 18.4 Å². The van der Waals surface area contributed by atoms with Crippen molar-refractivity contribution >= 4 is 5.91 Å². The predicted octanol–water partition coefficient (Wildman–Crippen LogP) is 1.91. The van der Waals surface area contributed by atoms with Gasteiger partial charge in [-0.25, -0.2) is 8.78 Å². The molecule has 1 aromatic heterocycles. The van der Waals surface area contributed by atoms with Crippen LogP contribution in [0.4, 0.5) is 8.78 Å². The third-order valence-electron chi connectivity index (χ3n) is 3.89. The van der Waals surface area contributed by atoms with Gasteiger partial charge in [-0.05, 0) is 13.8 Å². The summed E-state index contributed by atoms with van der Waals surface area (Å²) >= 11 is 0. The molecule has 1 N–H and O–H groups in total. The van der Waals surface area contributed by atoms with Crippen LogP contribution in [0.3, 0.4) is 0 Å². The first-order valence-corrected chi connectivity index (χ1v) is 6.77. The number of nitrogens with zero attached hydrogens (tertiary/aromatic N) is 2. The van der Waals surface area contributed by atoms with E-state index in [-0.39, 0.29) is 30.9 Å². The van der Waals surface area contributed by atoms with Crippen LogP contribution in [-0.2, 0) is 11.2 Å². The third kappa shape index (κ3) is 2.19. The van der Waals surface area contributed by atoms with Gasteiger partial charge in [0.2, 0.25) is 0 Å². The molecule has 1 amide bonds. The summed E-state index contributed by atoms with van der Waals surface area (Å²) in [4.78, 5) is 13.5. The number of aromatic amines is 1. The van der Waals surface area contributed by atoms with Crippen LogP contribution in [0, 0.1) is 0 Å². The molecule has 5 nitrogen and oxygen atoms in total. The zero-order valence-electron chi connectivity index (χ0n) is 11.4. The lowest BCUT2D eigenvalue weighted by atomic mass is 9.99. The molecular formula is C13H17F2N3O2. The maximum atomic E-state index is 13.2. The van der Waals surface area contributed by atoms with Crippen molar-refractivity contribution < 1.29 is 18.3 Å². The SMILES string of the molecule is C[C@@H]1Cc2c(C(=O)N3CCC(F)(F)C3)n[nH]c2[C@H](C)O1. The molecule has 2 atom stereocenters. The van der Waals surface area contributed by atoms with Crippen molar-refractivity contribution in [1.29, 1.82) is 0 Å². The van der Waals surface area contributed by atoms with Crippen LogP contribution in [0.15, 0.2) is 0 Å². The second kappa shape index (κ2) is 4.51. The molecule has 0 unspecified atom stereocenters. The van der Waals surface area contributed by atoms with E-state index in [0.29, 0.717) is 6.42 Å². The molecule has 20 heavy (non-hydrogen) atoms. The van der Waals surface area contributed by atoms with Gasteiger partial charge in [0, 0.05) is 24.9 Å². The predicted molar refractivity (Wildman–Crippen MR) is 66.7 cm³/mol. The lowest BCUT2D eigenvalue weighted by Gasteiger charge is -2.25. The van der Waals surface area contributed by atoms with Crippen LogP contribution in [0.5, 0.6) is 0 Å². The molecule has 3 heterocycles. The minimum Gasteiger partial charge on any atom is -0.369 e. The number of H-pyrrole nitrogens is 1. The molecule has 0 radical (unpaired) electrons. The van der Waals surface area contributed by atoms with Gasteiger partial charge in [0.15, 0.2) is 5.69 Å². The summed E-state index contributed by atoms with van der Waals surface area (Å²) < 4.78 is 32.1. The number of fused-ring (bicyclic) bond motifs is 1. The Morgan fingerprint density at radius 1 is 1.50 bits per heavy atom. The Morgan fingerprint density at radius 3 is 2.90 bits per heavy atom. The van der Waals surface area contributed by atoms with Crippen LogP contribution in [0.25, 0.3) is 0 Å². The Kier molecular flexibility index (Phi) is 3.04. The Balaban J connectivity index is 1.87. The number of ether oxygens (including phenoxy) is 1. The van der Waals surface area contributed by atoms with Crippen molar-refractivity contribution in [1.82, 2.24) is 15.1 Å². The van der Waals surface area contributed by atoms with E-state index >= 15 is 0 Å². The number of amides is 1. The molecule has 0 aromatic carbocycles. The van der Waals surface area contributed by atoms with E-state index in [1.807, 2.05) is 13.8 Å². The molecule has 1 aromatic rings. The number of nitrogens with one attached hydrogen (secondary N) is 1. The van der Waals surface area contributed by atoms with E-state index in [2.05, 4.69) is 10.2 Å². The highest BCUT2D eigenvalue weighted by Gasteiger charge is 2.42. The molecule has 0 spiro atoms. The van der Waals surface area contributed by atoms with Gasteiger partial charge >= 0.3 is 0 Å². The van der Waals surface area contributed by atoms with Crippen LogP contribution in [-0.4, -0.2) is 46.1 Å². The molecular weight excluding hydrogens is 268 g/mol. The summed E-state index contributed by atoms with van der Waals surface area (Å²) in [5.74, 6) is -3.20. The summed E-state index contributed by atoms with van der Waals surface area (Å²) in [6.45, 7) is 3.36. The lowest BCUT2D eigenvalue weighted by Crippen LogP contribution is -2.33. The summed E-state index contributed by atoms with van der Waals surface area (Å²) in [6, 6.07) is 0. The van der Waals surface area contributed by atoms with Crippen molar-refractivity contribution in [2.75, 3.05) is 13.1 Å². The van der Waals surface area contributed by atoms with Gasteiger partial charge in [0.25, 0.3) is 11.8 Å². The van der Waals surface area contributed by atoms with Crippen LogP contribution >= 0.6 is 0 Å². The Bertz CT molecular complexity index is 544. The van der Waals surface area contributed by atoms with Gasteiger partial charge in [0.1, 0.15) is 0 Å². The monoisotopic (exact) mass is 285 g/mol. The summed E-state index contributed by atoms with van der Waals surface area (Å²) in [6.07, 6.45) is 0.118. The van der Waals surface area contributed by atoms with Gasteiger partial charge in [-0.1, -0.05) is 0 Å². The normalized spacial score (nSPS) is 28.5. The number of carbonyl (C=O) groups excluding carboxylic acids is 1. The Hall–Kier alpha value is -1.50. The van der Waals surface area contributed by atoms with E-state index in [9.17, 15) is 13.6 Å². The molecule has 1 fully saturated rings. The topological polar surface area (TPSA) is 58.2 Å². The third-order valence-corrected chi connectivity index (χ3v) is 3.89. The fourth-order valence-corrected chi connectivity index (χ4v) is 2.91. The van der Waals surface area contributed by atoms with Gasteiger partial charge in [0.05, 0.1) is 24.4 Å². The number of aromatic nitrogens is 2. The molecule has 1 saturated heterocycles. The van der Waals surface area contributed by atoms with Crippen molar-refractivity contribution in [3.05, 3.63) is 17.0 Å². The number of rotatable bonds is 1. The maximum Gasteiger partial charge on any atom is 0.274 e. The summed E-state index contributed by atoms with van der Waals surface area (Å²) in [5, 5.41) is 6.85. The highest BCUT2D eigenvalue weighted by Crippen LogP contribution is 2.32. The largest absolute Gasteiger partial charge is 0.369 e. The molecule has 0 saturated carbocycles. The van der Waals surface area contributed by atoms with Crippen molar-refractivity contribution in [3.63, 3.8) is 0 Å². The molecule has 2 aliphatic rings. The average Bonchev–Trinajstić information content (AvgIpc) is 2.91. The number of hydrogen-bond donors (Lipinski definition) is 1. The first kappa shape index (κ1) is 13.5. The molecule has 7 heteroatoms. The van der Waals surface area contributed by atoms with E-state index in [4.69, 9.17) is 4.74 Å². The number of carbonyl (C=O) groups is 1. The standard InChI is InChI=1S/C13H17F2N3O2/c1-7-5-9-10(8(2)20-7)16-17-11(9)12(19)18-4-3-13(14,15)6-18/h7-8H,3-6H2,1-2H3,(H,16,17)/t7-,8+/m1/s1. The lowest BCUT2D eigenvalue weighted by molar-refractivity contribution is -0.00712. The van der Waals surface area contributed by atoms with Crippen LogP contribution < -0.4 is 0 Å². The van der Waals surface area contributed by atoms with Gasteiger partial charge in [-0.3, -0.25) is 9.89 Å². The first-order chi connectivity index (χ1) is 9.37.